The highest BCUT2D eigenvalue weighted by atomic mass is 16.7. The van der Waals surface area contributed by atoms with Crippen molar-refractivity contribution >= 4 is 0 Å². The zero-order valence-corrected chi connectivity index (χ0v) is 21.3. The van der Waals surface area contributed by atoms with E-state index in [2.05, 4.69) is 0 Å². The van der Waals surface area contributed by atoms with Gasteiger partial charge in [-0.15, -0.1) is 0 Å². The minimum atomic E-state index is -1.87. The average Bonchev–Trinajstić information content (AvgIpc) is 3.34. The minimum Gasteiger partial charge on any atom is -0.393 e. The van der Waals surface area contributed by atoms with Crippen molar-refractivity contribution in [2.24, 2.45) is 5.41 Å². The molecule has 0 aromatic rings. The van der Waals surface area contributed by atoms with E-state index >= 15 is 0 Å². The van der Waals surface area contributed by atoms with Crippen LogP contribution in [-0.4, -0.2) is 128 Å². The van der Waals surface area contributed by atoms with Gasteiger partial charge in [-0.3, -0.25) is 0 Å². The van der Waals surface area contributed by atoms with Crippen LogP contribution in [-0.2, 0) is 23.7 Å². The van der Waals surface area contributed by atoms with Gasteiger partial charge in [0.1, 0.15) is 41.7 Å². The zero-order chi connectivity index (χ0) is 26.7. The quantitative estimate of drug-likeness (QED) is 0.207. The Morgan fingerprint density at radius 2 is 1.64 bits per heavy atom. The Balaban J connectivity index is 1.41. The fourth-order valence-electron chi connectivity index (χ4n) is 6.48. The highest BCUT2D eigenvalue weighted by Crippen LogP contribution is 2.57. The van der Waals surface area contributed by atoms with Crippen molar-refractivity contribution in [3.05, 3.63) is 0 Å². The van der Waals surface area contributed by atoms with Crippen molar-refractivity contribution in [3.8, 4) is 0 Å². The Hall–Kier alpha value is -0.480. The maximum absolute atomic E-state index is 11.5. The van der Waals surface area contributed by atoms with Gasteiger partial charge in [0.2, 0.25) is 0 Å². The zero-order valence-electron chi connectivity index (χ0n) is 21.3. The van der Waals surface area contributed by atoms with Gasteiger partial charge in [-0.2, -0.15) is 0 Å². The summed E-state index contributed by atoms with van der Waals surface area (Å²) in [6.07, 6.45) is -8.23. The number of hydrogen-bond acceptors (Lipinski definition) is 12. The smallest absolute Gasteiger partial charge is 0.186 e. The number of aliphatic hydroxyl groups excluding tert-OH is 5. The first-order valence-electron chi connectivity index (χ1n) is 12.7. The Morgan fingerprint density at radius 3 is 2.19 bits per heavy atom. The van der Waals surface area contributed by atoms with Crippen molar-refractivity contribution in [2.75, 3.05) is 19.8 Å². The Morgan fingerprint density at radius 1 is 0.944 bits per heavy atom. The van der Waals surface area contributed by atoms with Crippen LogP contribution in [0, 0.1) is 5.41 Å². The molecule has 4 fully saturated rings. The van der Waals surface area contributed by atoms with Gasteiger partial charge < -0.3 is 59.4 Å². The fourth-order valence-corrected chi connectivity index (χ4v) is 6.48. The summed E-state index contributed by atoms with van der Waals surface area (Å²) in [5.41, 5.74) is -4.30. The molecule has 12 nitrogen and oxygen atoms in total. The molecule has 36 heavy (non-hydrogen) atoms. The standard InChI is InChI=1S/C24H42O12/c1-12-5-6-24(36-12)21(2,3)7-13(8-22(24,4)30)34-19-17(28)16(27)15(26)14(35-19)9-32-20-18(29)23(31,10-25)11-33-20/h12-20,25-31H,5-11H2,1-4H3/t12-,13-,14+,15+,16-,17+,18-,19+,20+,22+,23+,24-/m0/s1. The Bertz CT molecular complexity index is 758. The van der Waals surface area contributed by atoms with E-state index in [9.17, 15) is 35.7 Å². The predicted octanol–water partition coefficient (Wildman–Crippen LogP) is -1.85. The summed E-state index contributed by atoms with van der Waals surface area (Å²) >= 11 is 0. The van der Waals surface area contributed by atoms with Gasteiger partial charge in [-0.05, 0) is 38.5 Å². The van der Waals surface area contributed by atoms with Crippen LogP contribution in [0.15, 0.2) is 0 Å². The molecule has 0 radical (unpaired) electrons. The summed E-state index contributed by atoms with van der Waals surface area (Å²) in [7, 11) is 0. The van der Waals surface area contributed by atoms with Crippen molar-refractivity contribution in [1.29, 1.82) is 0 Å². The van der Waals surface area contributed by atoms with Crippen LogP contribution in [0.25, 0.3) is 0 Å². The highest BCUT2D eigenvalue weighted by molar-refractivity contribution is 5.14. The van der Waals surface area contributed by atoms with Crippen LogP contribution < -0.4 is 0 Å². The maximum atomic E-state index is 11.5. The summed E-state index contributed by atoms with van der Waals surface area (Å²) < 4.78 is 28.8. The summed E-state index contributed by atoms with van der Waals surface area (Å²) in [5, 5.41) is 72.5. The summed E-state index contributed by atoms with van der Waals surface area (Å²) in [4.78, 5) is 0. The van der Waals surface area contributed by atoms with Crippen LogP contribution in [0.4, 0.5) is 0 Å². The first-order chi connectivity index (χ1) is 16.7. The number of ether oxygens (including phenoxy) is 5. The fraction of sp³-hybridized carbons (Fsp3) is 1.00. The minimum absolute atomic E-state index is 0.0323. The molecule has 1 spiro atoms. The molecule has 7 N–H and O–H groups in total. The normalized spacial score (nSPS) is 53.2. The molecule has 0 amide bonds. The first kappa shape index (κ1) is 28.5. The molecule has 3 aliphatic heterocycles. The summed E-state index contributed by atoms with van der Waals surface area (Å²) in [6, 6.07) is 0. The molecular formula is C24H42O12. The molecule has 12 heteroatoms. The van der Waals surface area contributed by atoms with Gasteiger partial charge >= 0.3 is 0 Å². The van der Waals surface area contributed by atoms with Crippen LogP contribution in [0.3, 0.4) is 0 Å². The number of aliphatic hydroxyl groups is 7. The molecule has 0 bridgehead atoms. The second-order valence-electron chi connectivity index (χ2n) is 11.9. The van der Waals surface area contributed by atoms with Crippen molar-refractivity contribution in [2.45, 2.75) is 125 Å². The van der Waals surface area contributed by atoms with Gasteiger partial charge in [0.05, 0.1) is 37.6 Å². The van der Waals surface area contributed by atoms with Gasteiger partial charge in [-0.1, -0.05) is 13.8 Å². The molecule has 3 saturated heterocycles. The van der Waals surface area contributed by atoms with Crippen LogP contribution in [0.1, 0.15) is 53.4 Å². The second kappa shape index (κ2) is 9.92. The third-order valence-corrected chi connectivity index (χ3v) is 8.63. The molecular weight excluding hydrogens is 480 g/mol. The number of rotatable bonds is 6. The lowest BCUT2D eigenvalue weighted by molar-refractivity contribution is -0.335. The van der Waals surface area contributed by atoms with Crippen LogP contribution in [0.5, 0.6) is 0 Å². The van der Waals surface area contributed by atoms with Gasteiger partial charge in [0.25, 0.3) is 0 Å². The predicted molar refractivity (Wildman–Crippen MR) is 121 cm³/mol. The maximum Gasteiger partial charge on any atom is 0.186 e. The molecule has 1 aliphatic carbocycles. The Labute approximate surface area is 210 Å². The molecule has 210 valence electrons. The lowest BCUT2D eigenvalue weighted by Crippen LogP contribution is -2.67. The van der Waals surface area contributed by atoms with Crippen LogP contribution >= 0.6 is 0 Å². The topological polar surface area (TPSA) is 188 Å². The Kier molecular flexibility index (Phi) is 7.86. The van der Waals surface area contributed by atoms with E-state index in [1.165, 1.54) is 0 Å². The first-order valence-corrected chi connectivity index (χ1v) is 12.7. The lowest BCUT2D eigenvalue weighted by atomic mass is 9.56. The molecule has 1 saturated carbocycles. The molecule has 0 unspecified atom stereocenters. The van der Waals surface area contributed by atoms with Crippen molar-refractivity contribution in [1.82, 2.24) is 0 Å². The summed E-state index contributed by atoms with van der Waals surface area (Å²) in [6.45, 7) is 6.31. The van der Waals surface area contributed by atoms with E-state index < -0.39 is 78.0 Å². The molecule has 4 aliphatic rings. The molecule has 12 atom stereocenters. The third kappa shape index (κ3) is 4.74. The second-order valence-corrected chi connectivity index (χ2v) is 11.9. The van der Waals surface area contributed by atoms with E-state index in [1.54, 1.807) is 6.92 Å². The molecule has 4 rings (SSSR count). The third-order valence-electron chi connectivity index (χ3n) is 8.63. The van der Waals surface area contributed by atoms with Gasteiger partial charge in [-0.25, -0.2) is 0 Å². The van der Waals surface area contributed by atoms with E-state index in [1.807, 2.05) is 20.8 Å². The van der Waals surface area contributed by atoms with Crippen molar-refractivity contribution in [3.63, 3.8) is 0 Å². The van der Waals surface area contributed by atoms with Gasteiger partial charge in [0.15, 0.2) is 12.6 Å². The molecule has 3 heterocycles. The van der Waals surface area contributed by atoms with Gasteiger partial charge in [0, 0.05) is 6.42 Å². The van der Waals surface area contributed by atoms with E-state index in [-0.39, 0.29) is 25.7 Å². The summed E-state index contributed by atoms with van der Waals surface area (Å²) in [5.74, 6) is 0. The largest absolute Gasteiger partial charge is 0.393 e. The average molecular weight is 523 g/mol. The van der Waals surface area contributed by atoms with Crippen molar-refractivity contribution < 1.29 is 59.4 Å². The monoisotopic (exact) mass is 522 g/mol. The lowest BCUT2D eigenvalue weighted by Gasteiger charge is -2.58. The van der Waals surface area contributed by atoms with E-state index in [0.717, 1.165) is 6.42 Å². The van der Waals surface area contributed by atoms with E-state index in [4.69, 9.17) is 23.7 Å². The SMILES string of the molecule is C[C@H]1CC[C@]2(O1)C(C)(C)C[C@H](O[C@@H]1O[C@H](CO[C@@H]3OC[C@](O)(CO)[C@H]3O)[C@@H](O)[C@H](O)[C@H]1O)C[C@@]2(C)O. The van der Waals surface area contributed by atoms with Crippen LogP contribution in [0.2, 0.25) is 0 Å². The highest BCUT2D eigenvalue weighted by Gasteiger charge is 2.64. The molecule has 0 aromatic heterocycles. The molecule has 0 aromatic carbocycles. The number of hydrogen-bond donors (Lipinski definition) is 7. The van der Waals surface area contributed by atoms with E-state index in [0.29, 0.717) is 12.8 Å².